The molecule has 4 aromatic rings. The van der Waals surface area contributed by atoms with Crippen molar-refractivity contribution in [3.05, 3.63) is 102 Å². The maximum Gasteiger partial charge on any atom is 0.221 e. The summed E-state index contributed by atoms with van der Waals surface area (Å²) < 4.78 is 6.36. The number of benzene rings is 3. The molecule has 6 heteroatoms. The molecule has 0 bridgehead atoms. The smallest absolute Gasteiger partial charge is 0.221 e. The van der Waals surface area contributed by atoms with E-state index in [1.165, 1.54) is 6.92 Å². The number of likely N-dealkylation sites (tertiary alicyclic amines) is 1. The monoisotopic (exact) mass is 505 g/mol. The molecule has 1 amide bonds. The fraction of sp³-hybridized carbons (Fsp3) is 0.250. The number of carbonyl (C=O) groups excluding carboxylic acids is 1. The predicted molar refractivity (Wildman–Crippen MR) is 148 cm³/mol. The first-order valence-corrected chi connectivity index (χ1v) is 13.2. The second-order valence-electron chi connectivity index (χ2n) is 10.2. The van der Waals surface area contributed by atoms with Crippen LogP contribution < -0.4 is 10.1 Å². The second-order valence-corrected chi connectivity index (χ2v) is 10.2. The predicted octanol–water partition coefficient (Wildman–Crippen LogP) is 6.56. The molecule has 38 heavy (non-hydrogen) atoms. The summed E-state index contributed by atoms with van der Waals surface area (Å²) in [6.07, 6.45) is 3.96. The molecule has 2 N–H and O–H groups in total. The number of amides is 1. The van der Waals surface area contributed by atoms with Crippen LogP contribution in [0.4, 0.5) is 5.69 Å². The first-order valence-electron chi connectivity index (χ1n) is 13.2. The molecule has 6 rings (SSSR count). The molecule has 1 aromatic heterocycles. The van der Waals surface area contributed by atoms with Crippen LogP contribution in [0.25, 0.3) is 11.1 Å². The van der Waals surface area contributed by atoms with Crippen molar-refractivity contribution in [2.75, 3.05) is 18.4 Å². The maximum absolute atomic E-state index is 11.8. The second kappa shape index (κ2) is 10.3. The number of nitrogens with zero attached hydrogens (tertiary/aromatic N) is 2. The number of pyridine rings is 1. The molecule has 0 aliphatic carbocycles. The summed E-state index contributed by atoms with van der Waals surface area (Å²) in [5.41, 5.74) is 5.94. The number of anilines is 1. The van der Waals surface area contributed by atoms with E-state index in [0.717, 1.165) is 71.9 Å². The van der Waals surface area contributed by atoms with Crippen LogP contribution >= 0.6 is 0 Å². The van der Waals surface area contributed by atoms with E-state index in [2.05, 4.69) is 39.5 Å². The van der Waals surface area contributed by atoms with Crippen LogP contribution in [0.1, 0.15) is 42.5 Å². The van der Waals surface area contributed by atoms with E-state index in [4.69, 9.17) is 4.74 Å². The Labute approximate surface area is 222 Å². The van der Waals surface area contributed by atoms with Crippen LogP contribution in [0.3, 0.4) is 0 Å². The van der Waals surface area contributed by atoms with E-state index in [0.29, 0.717) is 11.7 Å². The van der Waals surface area contributed by atoms with Gasteiger partial charge in [-0.25, -0.2) is 0 Å². The van der Waals surface area contributed by atoms with Crippen LogP contribution in [0.15, 0.2) is 85.1 Å². The Kier molecular flexibility index (Phi) is 6.56. The van der Waals surface area contributed by atoms with Crippen molar-refractivity contribution in [2.45, 2.75) is 32.2 Å². The maximum atomic E-state index is 11.8. The number of carbonyl (C=O) groups is 1. The van der Waals surface area contributed by atoms with Crippen LogP contribution in [0, 0.1) is 5.92 Å². The molecule has 1 unspecified atom stereocenters. The van der Waals surface area contributed by atoms with E-state index < -0.39 is 0 Å². The molecule has 0 radical (unpaired) electrons. The summed E-state index contributed by atoms with van der Waals surface area (Å²) in [4.78, 5) is 18.8. The highest BCUT2D eigenvalue weighted by atomic mass is 16.5. The van der Waals surface area contributed by atoms with Gasteiger partial charge < -0.3 is 15.2 Å². The number of hydrogen-bond donors (Lipinski definition) is 2. The first kappa shape index (κ1) is 24.2. The van der Waals surface area contributed by atoms with E-state index in [-0.39, 0.29) is 17.6 Å². The molecule has 0 saturated carbocycles. The number of aromatic hydroxyl groups is 1. The molecule has 192 valence electrons. The lowest BCUT2D eigenvalue weighted by Gasteiger charge is -2.39. The lowest BCUT2D eigenvalue weighted by molar-refractivity contribution is -0.114. The number of para-hydroxylation sites is 2. The highest BCUT2D eigenvalue weighted by molar-refractivity contribution is 5.94. The van der Waals surface area contributed by atoms with Crippen LogP contribution in [0.2, 0.25) is 0 Å². The van der Waals surface area contributed by atoms with Gasteiger partial charge in [0.05, 0.1) is 5.69 Å². The van der Waals surface area contributed by atoms with Crippen molar-refractivity contribution in [3.8, 4) is 28.4 Å². The SMILES string of the molecule is CC(=O)Nc1ccccc1-c1ccc2c(c1)Oc1c(O)cccc1C2C1CCN(Cc2ccccn2)CC1. The summed E-state index contributed by atoms with van der Waals surface area (Å²) in [6.45, 7) is 4.39. The van der Waals surface area contributed by atoms with Gasteiger partial charge in [-0.3, -0.25) is 14.7 Å². The Morgan fingerprint density at radius 3 is 2.61 bits per heavy atom. The summed E-state index contributed by atoms with van der Waals surface area (Å²) in [5, 5.41) is 13.7. The standard InChI is InChI=1S/C32H31N3O3/c1-21(36)34-28-10-3-2-8-25(28)23-12-13-26-30(19-23)38-32-27(9-6-11-29(32)37)31(26)22-14-17-35(18-15-22)20-24-7-4-5-16-33-24/h2-13,16,19,22,31,37H,14-15,17-18,20H2,1H3,(H,34,36). The quantitative estimate of drug-likeness (QED) is 0.321. The molecular formula is C32H31N3O3. The van der Waals surface area contributed by atoms with Gasteiger partial charge in [0.25, 0.3) is 0 Å². The summed E-state index contributed by atoms with van der Waals surface area (Å²) in [5.74, 6) is 1.92. The Morgan fingerprint density at radius 2 is 1.82 bits per heavy atom. The summed E-state index contributed by atoms with van der Waals surface area (Å²) in [6, 6.07) is 25.8. The van der Waals surface area contributed by atoms with Gasteiger partial charge >= 0.3 is 0 Å². The van der Waals surface area contributed by atoms with Crippen LogP contribution in [0.5, 0.6) is 17.2 Å². The van der Waals surface area contributed by atoms with Gasteiger partial charge in [0.15, 0.2) is 11.5 Å². The van der Waals surface area contributed by atoms with Crippen molar-refractivity contribution in [1.29, 1.82) is 0 Å². The zero-order chi connectivity index (χ0) is 26.1. The lowest BCUT2D eigenvalue weighted by Crippen LogP contribution is -2.36. The number of phenolic OH excluding ortho intramolecular Hbond substituents is 1. The number of piperidine rings is 1. The zero-order valence-corrected chi connectivity index (χ0v) is 21.4. The number of fused-ring (bicyclic) bond motifs is 2. The first-order chi connectivity index (χ1) is 18.6. The Morgan fingerprint density at radius 1 is 1.00 bits per heavy atom. The minimum atomic E-state index is -0.111. The van der Waals surface area contributed by atoms with Crippen molar-refractivity contribution in [2.24, 2.45) is 5.92 Å². The number of aromatic nitrogens is 1. The van der Waals surface area contributed by atoms with Crippen molar-refractivity contribution >= 4 is 11.6 Å². The van der Waals surface area contributed by atoms with Crippen molar-refractivity contribution in [1.82, 2.24) is 9.88 Å². The molecule has 1 atom stereocenters. The third-order valence-electron chi connectivity index (χ3n) is 7.68. The van der Waals surface area contributed by atoms with E-state index in [1.807, 2.05) is 54.7 Å². The minimum absolute atomic E-state index is 0.111. The zero-order valence-electron chi connectivity index (χ0n) is 21.4. The minimum Gasteiger partial charge on any atom is -0.504 e. The Balaban J connectivity index is 1.32. The Hall–Kier alpha value is -4.16. The summed E-state index contributed by atoms with van der Waals surface area (Å²) in [7, 11) is 0. The van der Waals surface area contributed by atoms with Crippen LogP contribution in [-0.2, 0) is 11.3 Å². The van der Waals surface area contributed by atoms with Crippen molar-refractivity contribution in [3.63, 3.8) is 0 Å². The third-order valence-corrected chi connectivity index (χ3v) is 7.68. The van der Waals surface area contributed by atoms with Gasteiger partial charge in [-0.15, -0.1) is 0 Å². The van der Waals surface area contributed by atoms with Gasteiger partial charge in [0.1, 0.15) is 5.75 Å². The number of nitrogens with one attached hydrogen (secondary N) is 1. The largest absolute Gasteiger partial charge is 0.504 e. The van der Waals surface area contributed by atoms with Crippen molar-refractivity contribution < 1.29 is 14.6 Å². The highest BCUT2D eigenvalue weighted by Crippen LogP contribution is 2.53. The molecule has 3 heterocycles. The molecule has 2 aliphatic heterocycles. The molecular weight excluding hydrogens is 474 g/mol. The molecule has 1 saturated heterocycles. The normalized spacial score (nSPS) is 17.2. The van der Waals surface area contributed by atoms with E-state index >= 15 is 0 Å². The van der Waals surface area contributed by atoms with Gasteiger partial charge in [0, 0.05) is 48.0 Å². The lowest BCUT2D eigenvalue weighted by atomic mass is 9.74. The van der Waals surface area contributed by atoms with Gasteiger partial charge in [-0.05, 0) is 67.7 Å². The number of rotatable bonds is 5. The fourth-order valence-corrected chi connectivity index (χ4v) is 5.93. The van der Waals surface area contributed by atoms with Gasteiger partial charge in [-0.1, -0.05) is 48.5 Å². The fourth-order valence-electron chi connectivity index (χ4n) is 5.93. The number of hydrogen-bond acceptors (Lipinski definition) is 5. The topological polar surface area (TPSA) is 74.7 Å². The van der Waals surface area contributed by atoms with Gasteiger partial charge in [0.2, 0.25) is 5.91 Å². The molecule has 3 aromatic carbocycles. The van der Waals surface area contributed by atoms with Crippen LogP contribution in [-0.4, -0.2) is 34.0 Å². The average Bonchev–Trinajstić information content (AvgIpc) is 2.93. The molecule has 0 spiro atoms. The average molecular weight is 506 g/mol. The Bertz CT molecular complexity index is 1460. The molecule has 2 aliphatic rings. The molecule has 1 fully saturated rings. The van der Waals surface area contributed by atoms with Gasteiger partial charge in [-0.2, -0.15) is 0 Å². The summed E-state index contributed by atoms with van der Waals surface area (Å²) >= 11 is 0. The third kappa shape index (κ3) is 4.75. The molecule has 6 nitrogen and oxygen atoms in total. The number of phenols is 1. The number of ether oxygens (including phenoxy) is 1. The highest BCUT2D eigenvalue weighted by Gasteiger charge is 2.36. The van der Waals surface area contributed by atoms with E-state index in [1.54, 1.807) is 6.07 Å². The van der Waals surface area contributed by atoms with E-state index in [9.17, 15) is 9.90 Å².